The van der Waals surface area contributed by atoms with Gasteiger partial charge in [-0.3, -0.25) is 0 Å². The van der Waals surface area contributed by atoms with Gasteiger partial charge < -0.3 is 9.97 Å². The van der Waals surface area contributed by atoms with Crippen LogP contribution in [0.5, 0.6) is 0 Å². The van der Waals surface area contributed by atoms with Gasteiger partial charge in [0.1, 0.15) is 0 Å². The second kappa shape index (κ2) is 10.8. The van der Waals surface area contributed by atoms with E-state index >= 15 is 0 Å². The lowest BCUT2D eigenvalue weighted by molar-refractivity contribution is 0.661. The Morgan fingerprint density at radius 3 is 1.41 bits per heavy atom. The zero-order valence-electron chi connectivity index (χ0n) is 29.2. The first-order valence-corrected chi connectivity index (χ1v) is 18.6. The lowest BCUT2D eigenvalue weighted by Crippen LogP contribution is -2.15. The minimum Gasteiger partial charge on any atom is -0.354 e. The molecule has 51 heavy (non-hydrogen) atoms. The van der Waals surface area contributed by atoms with Crippen molar-refractivity contribution >= 4 is 59.5 Å². The molecule has 9 aromatic rings. The molecular weight excluding hydrogens is 684 g/mol. The average Bonchev–Trinajstić information content (AvgIpc) is 3.82. The Balaban J connectivity index is 0.000000131. The lowest BCUT2D eigenvalue weighted by Gasteiger charge is -2.22. The summed E-state index contributed by atoms with van der Waals surface area (Å²) in [7, 11) is 0. The fraction of sp³-hybridized carbons (Fsp3) is 0.125. The minimum absolute atomic E-state index is 0.0119. The van der Waals surface area contributed by atoms with E-state index < -0.39 is 0 Å². The van der Waals surface area contributed by atoms with Crippen molar-refractivity contribution in [3.05, 3.63) is 166 Å². The number of hydrogen-bond acceptors (Lipinski definition) is 0. The number of aromatic amines is 2. The molecule has 0 fully saturated rings. The highest BCUT2D eigenvalue weighted by Gasteiger charge is 2.37. The number of H-pyrrole nitrogens is 2. The monoisotopic (exact) mass is 720 g/mol. The van der Waals surface area contributed by atoms with Crippen LogP contribution in [-0.4, -0.2) is 9.97 Å². The third-order valence-electron chi connectivity index (χ3n) is 11.7. The molecule has 0 radical (unpaired) electrons. The van der Waals surface area contributed by atoms with E-state index in [1.165, 1.54) is 99.2 Å². The Kier molecular flexibility index (Phi) is 6.45. The molecule has 0 atom stereocenters. The van der Waals surface area contributed by atoms with E-state index in [2.05, 4.69) is 193 Å². The van der Waals surface area contributed by atoms with E-state index in [1.807, 2.05) is 0 Å². The van der Waals surface area contributed by atoms with Gasteiger partial charge in [0, 0.05) is 58.9 Å². The van der Waals surface area contributed by atoms with Gasteiger partial charge in [0.05, 0.1) is 0 Å². The molecule has 246 valence electrons. The Labute approximate surface area is 306 Å². The van der Waals surface area contributed by atoms with E-state index in [1.54, 1.807) is 0 Å². The van der Waals surface area contributed by atoms with Gasteiger partial charge in [-0.2, -0.15) is 0 Å². The molecule has 0 spiro atoms. The standard InChI is InChI=1S/C27H21N.C21H16BrN/c1-27(2)23-14-18(17-8-4-3-5-9-17)12-13-19(23)21-16-26-22(15-24(21)27)20-10-6-7-11-25(20)28-26;1-21(2)17-9-12(22)7-8-13(17)15-11-20-16(10-18(15)21)14-5-3-4-6-19(14)23-20/h3-16,28H,1-2H3;3-11,23H,1-2H3. The van der Waals surface area contributed by atoms with Gasteiger partial charge in [-0.1, -0.05) is 129 Å². The lowest BCUT2D eigenvalue weighted by atomic mass is 9.81. The molecule has 0 saturated carbocycles. The van der Waals surface area contributed by atoms with Gasteiger partial charge in [-0.25, -0.2) is 0 Å². The van der Waals surface area contributed by atoms with Gasteiger partial charge in [-0.05, 0) is 110 Å². The molecule has 2 N–H and O–H groups in total. The van der Waals surface area contributed by atoms with E-state index in [4.69, 9.17) is 0 Å². The third-order valence-corrected chi connectivity index (χ3v) is 12.2. The predicted molar refractivity (Wildman–Crippen MR) is 220 cm³/mol. The number of rotatable bonds is 1. The fourth-order valence-corrected chi connectivity index (χ4v) is 9.30. The number of nitrogens with one attached hydrogen (secondary N) is 2. The van der Waals surface area contributed by atoms with Crippen LogP contribution in [0, 0.1) is 0 Å². The minimum atomic E-state index is -0.0119. The molecular formula is C48H37BrN2. The number of hydrogen-bond donors (Lipinski definition) is 2. The van der Waals surface area contributed by atoms with E-state index in [0.717, 1.165) is 4.47 Å². The van der Waals surface area contributed by atoms with Crippen molar-refractivity contribution in [2.24, 2.45) is 0 Å². The van der Waals surface area contributed by atoms with Crippen LogP contribution in [0.1, 0.15) is 49.9 Å². The molecule has 11 rings (SSSR count). The number of halogens is 1. The van der Waals surface area contributed by atoms with Crippen LogP contribution in [0.4, 0.5) is 0 Å². The summed E-state index contributed by atoms with van der Waals surface area (Å²) in [5, 5.41) is 5.24. The van der Waals surface area contributed by atoms with Gasteiger partial charge in [0.2, 0.25) is 0 Å². The Morgan fingerprint density at radius 2 is 0.843 bits per heavy atom. The third kappa shape index (κ3) is 4.47. The molecule has 0 amide bonds. The first-order valence-electron chi connectivity index (χ1n) is 17.8. The van der Waals surface area contributed by atoms with Crippen LogP contribution in [0.25, 0.3) is 77.0 Å². The number of fused-ring (bicyclic) bond motifs is 12. The molecule has 0 saturated heterocycles. The smallest absolute Gasteiger partial charge is 0.0471 e. The van der Waals surface area contributed by atoms with Gasteiger partial charge in [-0.15, -0.1) is 0 Å². The van der Waals surface area contributed by atoms with Gasteiger partial charge in [0.15, 0.2) is 0 Å². The maximum absolute atomic E-state index is 3.62. The highest BCUT2D eigenvalue weighted by atomic mass is 79.9. The Bertz CT molecular complexity index is 2870. The van der Waals surface area contributed by atoms with Crippen molar-refractivity contribution in [1.29, 1.82) is 0 Å². The summed E-state index contributed by atoms with van der Waals surface area (Å²) in [6.45, 7) is 9.36. The van der Waals surface area contributed by atoms with Crippen molar-refractivity contribution in [2.75, 3.05) is 0 Å². The molecule has 0 unspecified atom stereocenters. The summed E-state index contributed by atoms with van der Waals surface area (Å²) < 4.78 is 1.15. The maximum atomic E-state index is 3.62. The molecule has 0 bridgehead atoms. The van der Waals surface area contributed by atoms with Crippen molar-refractivity contribution in [1.82, 2.24) is 9.97 Å². The van der Waals surface area contributed by atoms with Crippen molar-refractivity contribution in [3.8, 4) is 33.4 Å². The first kappa shape index (κ1) is 30.4. The van der Waals surface area contributed by atoms with Crippen LogP contribution in [0.3, 0.4) is 0 Å². The van der Waals surface area contributed by atoms with Gasteiger partial charge in [0.25, 0.3) is 0 Å². The zero-order valence-corrected chi connectivity index (χ0v) is 30.7. The molecule has 2 aliphatic rings. The second-order valence-electron chi connectivity index (χ2n) is 15.3. The molecule has 2 nitrogen and oxygen atoms in total. The average molecular weight is 722 g/mol. The molecule has 2 heterocycles. The Hall–Kier alpha value is -5.38. The van der Waals surface area contributed by atoms with Crippen molar-refractivity contribution in [3.63, 3.8) is 0 Å². The van der Waals surface area contributed by atoms with E-state index in [0.29, 0.717) is 0 Å². The molecule has 7 aromatic carbocycles. The van der Waals surface area contributed by atoms with Crippen LogP contribution in [0.15, 0.2) is 144 Å². The van der Waals surface area contributed by atoms with Crippen LogP contribution >= 0.6 is 15.9 Å². The molecule has 3 heteroatoms. The summed E-state index contributed by atoms with van der Waals surface area (Å²) in [6.07, 6.45) is 0. The number of para-hydroxylation sites is 2. The quantitative estimate of drug-likeness (QED) is 0.169. The summed E-state index contributed by atoms with van der Waals surface area (Å²) in [5.41, 5.74) is 18.5. The molecule has 0 aliphatic heterocycles. The normalized spacial score (nSPS) is 14.7. The Morgan fingerprint density at radius 1 is 0.373 bits per heavy atom. The summed E-state index contributed by atoms with van der Waals surface area (Å²) in [5.74, 6) is 0. The van der Waals surface area contributed by atoms with Gasteiger partial charge >= 0.3 is 0 Å². The van der Waals surface area contributed by atoms with E-state index in [9.17, 15) is 0 Å². The first-order chi connectivity index (χ1) is 24.7. The fourth-order valence-electron chi connectivity index (χ4n) is 8.94. The summed E-state index contributed by atoms with van der Waals surface area (Å²) in [6, 6.07) is 50.8. The van der Waals surface area contributed by atoms with Crippen molar-refractivity contribution in [2.45, 2.75) is 38.5 Å². The highest BCUT2D eigenvalue weighted by Crippen LogP contribution is 2.52. The SMILES string of the molecule is CC1(C)c2cc(-c3ccccc3)ccc2-c2cc3[nH]c4ccccc4c3cc21.CC1(C)c2cc(Br)ccc2-c2cc3[nH]c4ccccc4c3cc21. The number of benzene rings is 7. The largest absolute Gasteiger partial charge is 0.354 e. The number of aromatic nitrogens is 2. The summed E-state index contributed by atoms with van der Waals surface area (Å²) in [4.78, 5) is 7.17. The second-order valence-corrected chi connectivity index (χ2v) is 16.2. The maximum Gasteiger partial charge on any atom is 0.0471 e. The predicted octanol–water partition coefficient (Wildman–Crippen LogP) is 13.7. The van der Waals surface area contributed by atoms with Crippen LogP contribution in [0.2, 0.25) is 0 Å². The topological polar surface area (TPSA) is 31.6 Å². The van der Waals surface area contributed by atoms with Crippen LogP contribution in [-0.2, 0) is 10.8 Å². The zero-order chi connectivity index (χ0) is 34.6. The molecule has 2 aliphatic carbocycles. The van der Waals surface area contributed by atoms with E-state index in [-0.39, 0.29) is 10.8 Å². The van der Waals surface area contributed by atoms with Crippen LogP contribution < -0.4 is 0 Å². The summed E-state index contributed by atoms with van der Waals surface area (Å²) >= 11 is 3.62. The highest BCUT2D eigenvalue weighted by molar-refractivity contribution is 9.10. The van der Waals surface area contributed by atoms with Crippen molar-refractivity contribution < 1.29 is 0 Å². The molecule has 2 aromatic heterocycles.